The van der Waals surface area contributed by atoms with Gasteiger partial charge in [-0.25, -0.2) is 0 Å². The molecule has 0 aromatic rings. The van der Waals surface area contributed by atoms with Gasteiger partial charge in [-0.3, -0.25) is 4.21 Å². The third-order valence-corrected chi connectivity index (χ3v) is 3.07. The highest BCUT2D eigenvalue weighted by molar-refractivity contribution is 7.84. The molecule has 0 amide bonds. The van der Waals surface area contributed by atoms with Gasteiger partial charge in [0.25, 0.3) is 0 Å². The second-order valence-corrected chi connectivity index (χ2v) is 4.54. The maximum absolute atomic E-state index is 10.9. The second-order valence-electron chi connectivity index (χ2n) is 2.73. The lowest BCUT2D eigenvalue weighted by Crippen LogP contribution is -2.27. The van der Waals surface area contributed by atoms with Crippen molar-refractivity contribution in [1.82, 2.24) is 5.32 Å². The Morgan fingerprint density at radius 3 is 2.30 bits per heavy atom. The van der Waals surface area contributed by atoms with Crippen LogP contribution in [-0.4, -0.2) is 28.8 Å². The van der Waals surface area contributed by atoms with Crippen LogP contribution in [0.1, 0.15) is 20.3 Å². The summed E-state index contributed by atoms with van der Waals surface area (Å²) in [5, 5.41) is 3.42. The molecule has 0 radical (unpaired) electrons. The van der Waals surface area contributed by atoms with Crippen LogP contribution in [0.2, 0.25) is 0 Å². The molecule has 0 spiro atoms. The molecule has 1 N–H and O–H groups in total. The first-order valence-electron chi connectivity index (χ1n) is 3.57. The van der Waals surface area contributed by atoms with Gasteiger partial charge in [-0.2, -0.15) is 0 Å². The van der Waals surface area contributed by atoms with Crippen molar-refractivity contribution in [2.75, 3.05) is 13.3 Å². The average Bonchev–Trinajstić information content (AvgIpc) is 1.87. The van der Waals surface area contributed by atoms with Gasteiger partial charge in [0.05, 0.1) is 0 Å². The number of hydrogen-bond acceptors (Lipinski definition) is 2. The van der Waals surface area contributed by atoms with E-state index in [0.717, 1.165) is 6.42 Å². The Hall–Kier alpha value is 0.110. The Labute approximate surface area is 65.9 Å². The van der Waals surface area contributed by atoms with Gasteiger partial charge in [0.15, 0.2) is 0 Å². The summed E-state index contributed by atoms with van der Waals surface area (Å²) in [5.41, 5.74) is 0. The molecule has 3 atom stereocenters. The number of hydrogen-bond donors (Lipinski definition) is 1. The van der Waals surface area contributed by atoms with Crippen LogP contribution in [0.3, 0.4) is 0 Å². The van der Waals surface area contributed by atoms with Gasteiger partial charge in [-0.05, 0) is 20.4 Å². The molecule has 0 heterocycles. The van der Waals surface area contributed by atoms with Crippen LogP contribution in [-0.2, 0) is 10.8 Å². The fourth-order valence-electron chi connectivity index (χ4n) is 0.751. The third kappa shape index (κ3) is 4.01. The van der Waals surface area contributed by atoms with E-state index in [1.807, 2.05) is 14.0 Å². The van der Waals surface area contributed by atoms with Crippen molar-refractivity contribution in [2.45, 2.75) is 31.6 Å². The molecule has 0 aromatic carbocycles. The summed E-state index contributed by atoms with van der Waals surface area (Å²) < 4.78 is 10.9. The molecule has 3 unspecified atom stereocenters. The highest BCUT2D eigenvalue weighted by atomic mass is 32.2. The van der Waals surface area contributed by atoms with Crippen LogP contribution in [0.5, 0.6) is 0 Å². The highest BCUT2D eigenvalue weighted by Gasteiger charge is 2.09. The van der Waals surface area contributed by atoms with Crippen LogP contribution < -0.4 is 5.32 Å². The lowest BCUT2D eigenvalue weighted by Gasteiger charge is -2.13. The van der Waals surface area contributed by atoms with Gasteiger partial charge in [0.1, 0.15) is 0 Å². The zero-order chi connectivity index (χ0) is 8.15. The first kappa shape index (κ1) is 10.1. The highest BCUT2D eigenvalue weighted by Crippen LogP contribution is 2.02. The monoisotopic (exact) mass is 163 g/mol. The van der Waals surface area contributed by atoms with E-state index < -0.39 is 10.8 Å². The van der Waals surface area contributed by atoms with Crippen LogP contribution >= 0.6 is 0 Å². The topological polar surface area (TPSA) is 29.1 Å². The normalized spacial score (nSPS) is 20.0. The molecule has 0 aliphatic rings. The van der Waals surface area contributed by atoms with Gasteiger partial charge >= 0.3 is 0 Å². The van der Waals surface area contributed by atoms with Crippen molar-refractivity contribution < 1.29 is 4.21 Å². The molecule has 0 aromatic heterocycles. The molecule has 0 bridgehead atoms. The minimum absolute atomic E-state index is 0.308. The predicted molar refractivity (Wildman–Crippen MR) is 46.7 cm³/mol. The Morgan fingerprint density at radius 1 is 1.50 bits per heavy atom. The second kappa shape index (κ2) is 4.85. The lowest BCUT2D eigenvalue weighted by atomic mass is 10.2. The summed E-state index contributed by atoms with van der Waals surface area (Å²) in [7, 11) is 1.25. The standard InChI is InChI=1S/C7H17NOS/c1-6(8-3)5-7(2)10(4)9/h6-8H,5H2,1-4H3. The Kier molecular flexibility index (Phi) is 4.91. The molecule has 0 saturated heterocycles. The van der Waals surface area contributed by atoms with Crippen molar-refractivity contribution >= 4 is 10.8 Å². The van der Waals surface area contributed by atoms with Crippen LogP contribution in [0.25, 0.3) is 0 Å². The summed E-state index contributed by atoms with van der Waals surface area (Å²) in [6.07, 6.45) is 2.74. The molecule has 2 nitrogen and oxygen atoms in total. The van der Waals surface area contributed by atoms with Crippen molar-refractivity contribution in [3.8, 4) is 0 Å². The summed E-state index contributed by atoms with van der Waals surface area (Å²) in [6.45, 7) is 4.12. The summed E-state index contributed by atoms with van der Waals surface area (Å²) in [5.74, 6) is 0. The van der Waals surface area contributed by atoms with Gasteiger partial charge in [0, 0.05) is 28.3 Å². The van der Waals surface area contributed by atoms with Crippen molar-refractivity contribution in [1.29, 1.82) is 0 Å². The molecule has 3 heteroatoms. The average molecular weight is 163 g/mol. The molecule has 0 aliphatic carbocycles. The summed E-state index contributed by atoms with van der Waals surface area (Å²) >= 11 is 0. The minimum atomic E-state index is -0.673. The molecule has 0 aliphatic heterocycles. The predicted octanol–water partition coefficient (Wildman–Crippen LogP) is 0.751. The maximum Gasteiger partial charge on any atom is 0.0331 e. The van der Waals surface area contributed by atoms with E-state index in [1.54, 1.807) is 6.26 Å². The van der Waals surface area contributed by atoms with Gasteiger partial charge < -0.3 is 5.32 Å². The molecule has 62 valence electrons. The van der Waals surface area contributed by atoms with Gasteiger partial charge in [0.2, 0.25) is 0 Å². The Balaban J connectivity index is 3.56. The van der Waals surface area contributed by atoms with Gasteiger partial charge in [-0.1, -0.05) is 6.92 Å². The van der Waals surface area contributed by atoms with E-state index in [4.69, 9.17) is 0 Å². The Morgan fingerprint density at radius 2 is 2.00 bits per heavy atom. The molecule has 0 rings (SSSR count). The molecular weight excluding hydrogens is 146 g/mol. The molecule has 10 heavy (non-hydrogen) atoms. The van der Waals surface area contributed by atoms with Crippen LogP contribution in [0.15, 0.2) is 0 Å². The van der Waals surface area contributed by atoms with E-state index in [2.05, 4.69) is 12.2 Å². The van der Waals surface area contributed by atoms with E-state index in [0.29, 0.717) is 11.3 Å². The molecule has 0 saturated carbocycles. The van der Waals surface area contributed by atoms with Crippen LogP contribution in [0.4, 0.5) is 0 Å². The van der Waals surface area contributed by atoms with E-state index in [1.165, 1.54) is 0 Å². The van der Waals surface area contributed by atoms with Crippen LogP contribution in [0, 0.1) is 0 Å². The van der Waals surface area contributed by atoms with Crippen molar-refractivity contribution in [3.63, 3.8) is 0 Å². The minimum Gasteiger partial charge on any atom is -0.317 e. The quantitative estimate of drug-likeness (QED) is 0.662. The van der Waals surface area contributed by atoms with Crippen molar-refractivity contribution in [2.24, 2.45) is 0 Å². The molecule has 0 fully saturated rings. The maximum atomic E-state index is 10.9. The third-order valence-electron chi connectivity index (χ3n) is 1.74. The fraction of sp³-hybridized carbons (Fsp3) is 1.00. The number of rotatable bonds is 4. The largest absolute Gasteiger partial charge is 0.317 e. The van der Waals surface area contributed by atoms with E-state index in [9.17, 15) is 4.21 Å². The van der Waals surface area contributed by atoms with E-state index in [-0.39, 0.29) is 0 Å². The first-order chi connectivity index (χ1) is 4.57. The zero-order valence-electron chi connectivity index (χ0n) is 7.18. The zero-order valence-corrected chi connectivity index (χ0v) is 7.99. The smallest absolute Gasteiger partial charge is 0.0331 e. The Bertz CT molecular complexity index is 116. The summed E-state index contributed by atoms with van der Waals surface area (Å²) in [4.78, 5) is 0. The first-order valence-corrected chi connectivity index (χ1v) is 5.19. The van der Waals surface area contributed by atoms with E-state index >= 15 is 0 Å². The summed E-state index contributed by atoms with van der Waals surface area (Å²) in [6, 6.07) is 0.471. The lowest BCUT2D eigenvalue weighted by molar-refractivity contribution is 0.556. The SMILES string of the molecule is CNC(C)CC(C)S(C)=O. The number of nitrogens with one attached hydrogen (secondary N) is 1. The molecular formula is C7H17NOS. The van der Waals surface area contributed by atoms with Gasteiger partial charge in [-0.15, -0.1) is 0 Å². The van der Waals surface area contributed by atoms with Crippen molar-refractivity contribution in [3.05, 3.63) is 0 Å². The fourth-order valence-corrected chi connectivity index (χ4v) is 1.31.